The molecular weight excluding hydrogens is 256 g/mol. The van der Waals surface area contributed by atoms with Crippen molar-refractivity contribution in [1.82, 2.24) is 4.90 Å². The van der Waals surface area contributed by atoms with Gasteiger partial charge in [-0.3, -0.25) is 4.90 Å². The number of halogens is 1. The van der Waals surface area contributed by atoms with E-state index in [0.717, 1.165) is 11.5 Å². The highest BCUT2D eigenvalue weighted by Gasteiger charge is 2.24. The van der Waals surface area contributed by atoms with E-state index in [2.05, 4.69) is 18.9 Å². The summed E-state index contributed by atoms with van der Waals surface area (Å²) in [6.07, 6.45) is 4.89. The van der Waals surface area contributed by atoms with Crippen LogP contribution < -0.4 is 5.46 Å². The summed E-state index contributed by atoms with van der Waals surface area (Å²) in [5.74, 6) is 0.304. The molecule has 2 unspecified atom stereocenters. The lowest BCUT2D eigenvalue weighted by atomic mass is 9.76. The quantitative estimate of drug-likeness (QED) is 0.821. The van der Waals surface area contributed by atoms with E-state index >= 15 is 0 Å². The molecule has 0 bridgehead atoms. The van der Waals surface area contributed by atoms with Gasteiger partial charge in [0.2, 0.25) is 0 Å². The van der Waals surface area contributed by atoms with Crippen LogP contribution in [0.4, 0.5) is 4.39 Å². The first-order chi connectivity index (χ1) is 9.47. The number of rotatable bonds is 4. The van der Waals surface area contributed by atoms with E-state index < -0.39 is 12.9 Å². The second-order valence-corrected chi connectivity index (χ2v) is 6.06. The molecule has 0 aromatic heterocycles. The Morgan fingerprint density at radius 2 is 2.10 bits per heavy atom. The van der Waals surface area contributed by atoms with Gasteiger partial charge in [-0.15, -0.1) is 0 Å². The van der Waals surface area contributed by atoms with E-state index in [4.69, 9.17) is 0 Å². The molecule has 2 N–H and O–H groups in total. The fourth-order valence-electron chi connectivity index (χ4n) is 3.15. The van der Waals surface area contributed by atoms with Crippen molar-refractivity contribution in [2.24, 2.45) is 5.92 Å². The summed E-state index contributed by atoms with van der Waals surface area (Å²) in [5.41, 5.74) is 1.04. The Kier molecular flexibility index (Phi) is 5.19. The molecular formula is C15H23BFNO2. The summed E-state index contributed by atoms with van der Waals surface area (Å²) in [6, 6.07) is 4.75. The van der Waals surface area contributed by atoms with Crippen LogP contribution in [0, 0.1) is 11.7 Å². The van der Waals surface area contributed by atoms with E-state index in [-0.39, 0.29) is 5.46 Å². The van der Waals surface area contributed by atoms with Gasteiger partial charge in [0.15, 0.2) is 0 Å². The van der Waals surface area contributed by atoms with Crippen molar-refractivity contribution in [1.29, 1.82) is 0 Å². The number of hydrogen-bond acceptors (Lipinski definition) is 3. The molecule has 20 heavy (non-hydrogen) atoms. The van der Waals surface area contributed by atoms with Gasteiger partial charge in [-0.1, -0.05) is 25.8 Å². The molecule has 1 aliphatic carbocycles. The summed E-state index contributed by atoms with van der Waals surface area (Å²) < 4.78 is 13.2. The Morgan fingerprint density at radius 1 is 1.35 bits per heavy atom. The highest BCUT2D eigenvalue weighted by molar-refractivity contribution is 6.59. The van der Waals surface area contributed by atoms with Crippen molar-refractivity contribution in [3.05, 3.63) is 29.6 Å². The molecule has 110 valence electrons. The highest BCUT2D eigenvalue weighted by Crippen LogP contribution is 2.27. The standard InChI is InChI=1S/C15H23BFNO2/c1-11-4-3-5-14(8-11)18(2)10-12-6-7-13(17)9-15(12)16(19)20/h6-7,9,11,14,19-20H,3-5,8,10H2,1-2H3. The molecule has 1 fully saturated rings. The molecule has 0 saturated heterocycles. The van der Waals surface area contributed by atoms with Gasteiger partial charge in [-0.25, -0.2) is 4.39 Å². The first-order valence-electron chi connectivity index (χ1n) is 7.32. The fraction of sp³-hybridized carbons (Fsp3) is 0.600. The van der Waals surface area contributed by atoms with Gasteiger partial charge < -0.3 is 10.0 Å². The third-order valence-electron chi connectivity index (χ3n) is 4.34. The zero-order valence-corrected chi connectivity index (χ0v) is 12.2. The normalized spacial score (nSPS) is 23.1. The summed E-state index contributed by atoms with van der Waals surface area (Å²) >= 11 is 0. The van der Waals surface area contributed by atoms with E-state index in [1.807, 2.05) is 0 Å². The minimum atomic E-state index is -1.63. The van der Waals surface area contributed by atoms with Crippen LogP contribution in [0.3, 0.4) is 0 Å². The molecule has 0 radical (unpaired) electrons. The van der Waals surface area contributed by atoms with Gasteiger partial charge in [-0.05, 0) is 49.0 Å². The minimum absolute atomic E-state index is 0.265. The topological polar surface area (TPSA) is 43.7 Å². The lowest BCUT2D eigenvalue weighted by Gasteiger charge is -2.34. The third-order valence-corrected chi connectivity index (χ3v) is 4.34. The molecule has 2 atom stereocenters. The number of benzene rings is 1. The van der Waals surface area contributed by atoms with Crippen molar-refractivity contribution in [3.63, 3.8) is 0 Å². The van der Waals surface area contributed by atoms with Gasteiger partial charge in [0.25, 0.3) is 0 Å². The highest BCUT2D eigenvalue weighted by atomic mass is 19.1. The zero-order valence-electron chi connectivity index (χ0n) is 12.2. The van der Waals surface area contributed by atoms with E-state index in [0.29, 0.717) is 12.6 Å². The van der Waals surface area contributed by atoms with Crippen molar-refractivity contribution in [3.8, 4) is 0 Å². The Labute approximate surface area is 120 Å². The summed E-state index contributed by atoms with van der Waals surface area (Å²) in [7, 11) is 0.430. The second-order valence-electron chi connectivity index (χ2n) is 6.06. The van der Waals surface area contributed by atoms with Crippen LogP contribution >= 0.6 is 0 Å². The maximum Gasteiger partial charge on any atom is 0.488 e. The molecule has 1 aromatic rings. The molecule has 0 amide bonds. The third kappa shape index (κ3) is 3.81. The minimum Gasteiger partial charge on any atom is -0.423 e. The van der Waals surface area contributed by atoms with Gasteiger partial charge in [0.1, 0.15) is 5.82 Å². The molecule has 3 nitrogen and oxygen atoms in total. The summed E-state index contributed by atoms with van der Waals surface area (Å²) in [4.78, 5) is 2.24. The molecule has 0 spiro atoms. The van der Waals surface area contributed by atoms with Crippen LogP contribution in [0.1, 0.15) is 38.2 Å². The second kappa shape index (κ2) is 6.70. The Hall–Kier alpha value is -0.905. The van der Waals surface area contributed by atoms with Crippen LogP contribution in [-0.4, -0.2) is 35.2 Å². The van der Waals surface area contributed by atoms with Gasteiger partial charge in [-0.2, -0.15) is 0 Å². The van der Waals surface area contributed by atoms with Crippen LogP contribution in [0.15, 0.2) is 18.2 Å². The van der Waals surface area contributed by atoms with E-state index in [1.54, 1.807) is 6.07 Å². The Bertz CT molecular complexity index is 455. The molecule has 1 aliphatic rings. The average Bonchev–Trinajstić information content (AvgIpc) is 2.40. The molecule has 5 heteroatoms. The van der Waals surface area contributed by atoms with Crippen LogP contribution in [0.5, 0.6) is 0 Å². The lowest BCUT2D eigenvalue weighted by Crippen LogP contribution is -2.39. The van der Waals surface area contributed by atoms with Crippen LogP contribution in [0.2, 0.25) is 0 Å². The van der Waals surface area contributed by atoms with Crippen molar-refractivity contribution in [2.75, 3.05) is 7.05 Å². The smallest absolute Gasteiger partial charge is 0.423 e. The summed E-state index contributed by atoms with van der Waals surface area (Å²) in [5, 5.41) is 18.7. The SMILES string of the molecule is CC1CCCC(N(C)Cc2ccc(F)cc2B(O)O)C1. The molecule has 2 rings (SSSR count). The van der Waals surface area contributed by atoms with E-state index in [9.17, 15) is 14.4 Å². The fourth-order valence-corrected chi connectivity index (χ4v) is 3.15. The van der Waals surface area contributed by atoms with Crippen molar-refractivity contribution >= 4 is 12.6 Å². The maximum absolute atomic E-state index is 13.2. The van der Waals surface area contributed by atoms with Crippen molar-refractivity contribution < 1.29 is 14.4 Å². The molecule has 0 heterocycles. The Balaban J connectivity index is 2.09. The first-order valence-corrected chi connectivity index (χ1v) is 7.32. The van der Waals surface area contributed by atoms with Crippen molar-refractivity contribution in [2.45, 2.75) is 45.2 Å². The predicted octanol–water partition coefficient (Wildman–Crippen LogP) is 1.52. The predicted molar refractivity (Wildman–Crippen MR) is 79.1 cm³/mol. The summed E-state index contributed by atoms with van der Waals surface area (Å²) in [6.45, 7) is 2.89. The van der Waals surface area contributed by atoms with E-state index in [1.165, 1.54) is 37.8 Å². The first kappa shape index (κ1) is 15.5. The number of hydrogen-bond donors (Lipinski definition) is 2. The molecule has 1 saturated carbocycles. The zero-order chi connectivity index (χ0) is 14.7. The number of nitrogens with zero attached hydrogens (tertiary/aromatic N) is 1. The monoisotopic (exact) mass is 279 g/mol. The van der Waals surface area contributed by atoms with Gasteiger partial charge in [0, 0.05) is 12.6 Å². The molecule has 0 aliphatic heterocycles. The Morgan fingerprint density at radius 3 is 2.75 bits per heavy atom. The van der Waals surface area contributed by atoms with Gasteiger partial charge >= 0.3 is 7.12 Å². The van der Waals surface area contributed by atoms with Crippen LogP contribution in [-0.2, 0) is 6.54 Å². The lowest BCUT2D eigenvalue weighted by molar-refractivity contribution is 0.158. The van der Waals surface area contributed by atoms with Crippen LogP contribution in [0.25, 0.3) is 0 Å². The van der Waals surface area contributed by atoms with Gasteiger partial charge in [0.05, 0.1) is 0 Å². The average molecular weight is 279 g/mol. The largest absolute Gasteiger partial charge is 0.488 e. The molecule has 1 aromatic carbocycles. The maximum atomic E-state index is 13.2.